The van der Waals surface area contributed by atoms with Crippen LogP contribution in [0, 0.1) is 6.92 Å². The lowest BCUT2D eigenvalue weighted by Crippen LogP contribution is -2.08. The summed E-state index contributed by atoms with van der Waals surface area (Å²) in [5.41, 5.74) is 1.60. The molecule has 0 atom stereocenters. The van der Waals surface area contributed by atoms with E-state index in [1.54, 1.807) is 4.52 Å². The summed E-state index contributed by atoms with van der Waals surface area (Å²) in [6, 6.07) is 7.82. The van der Waals surface area contributed by atoms with Crippen LogP contribution < -0.4 is 5.32 Å². The summed E-state index contributed by atoms with van der Waals surface area (Å²) in [5, 5.41) is 12.4. The molecule has 1 N–H and O–H groups in total. The molecule has 0 saturated carbocycles. The van der Waals surface area contributed by atoms with Crippen molar-refractivity contribution in [2.75, 3.05) is 11.9 Å². The Bertz CT molecular complexity index is 1020. The number of nitrogens with one attached hydrogen (secondary N) is 1. The molecular weight excluding hydrogens is 322 g/mol. The van der Waals surface area contributed by atoms with E-state index in [9.17, 15) is 0 Å². The number of anilines is 1. The molecule has 128 valence electrons. The van der Waals surface area contributed by atoms with E-state index < -0.39 is 0 Å². The first-order valence-electron chi connectivity index (χ1n) is 8.00. The van der Waals surface area contributed by atoms with Gasteiger partial charge in [0.1, 0.15) is 12.4 Å². The minimum atomic E-state index is 0.332. The zero-order chi connectivity index (χ0) is 17.2. The molecule has 4 rings (SSSR count). The predicted molar refractivity (Wildman–Crippen MR) is 90.0 cm³/mol. The SMILES string of the molecule is CCOCc1noc(CNc2nc3ccccc3c3nc(C)nn23)n1. The summed E-state index contributed by atoms with van der Waals surface area (Å²) in [4.78, 5) is 13.4. The number of hydrogen-bond acceptors (Lipinski definition) is 8. The zero-order valence-corrected chi connectivity index (χ0v) is 13.9. The number of rotatable bonds is 6. The van der Waals surface area contributed by atoms with Gasteiger partial charge >= 0.3 is 0 Å². The fourth-order valence-corrected chi connectivity index (χ4v) is 2.54. The van der Waals surface area contributed by atoms with E-state index >= 15 is 0 Å². The Labute approximate surface area is 143 Å². The molecule has 0 amide bonds. The monoisotopic (exact) mass is 339 g/mol. The van der Waals surface area contributed by atoms with Gasteiger partial charge in [-0.3, -0.25) is 0 Å². The van der Waals surface area contributed by atoms with Crippen LogP contribution in [0.1, 0.15) is 24.5 Å². The highest BCUT2D eigenvalue weighted by molar-refractivity contribution is 5.92. The van der Waals surface area contributed by atoms with Crippen LogP contribution in [0.25, 0.3) is 16.6 Å². The van der Waals surface area contributed by atoms with Crippen molar-refractivity contribution >= 4 is 22.5 Å². The Morgan fingerprint density at radius 1 is 1.20 bits per heavy atom. The van der Waals surface area contributed by atoms with Crippen molar-refractivity contribution in [3.8, 4) is 0 Å². The summed E-state index contributed by atoms with van der Waals surface area (Å²) in [6.07, 6.45) is 0. The van der Waals surface area contributed by atoms with Gasteiger partial charge in [-0.1, -0.05) is 17.3 Å². The summed E-state index contributed by atoms with van der Waals surface area (Å²) in [5.74, 6) is 2.22. The van der Waals surface area contributed by atoms with Crippen molar-refractivity contribution in [2.24, 2.45) is 0 Å². The van der Waals surface area contributed by atoms with Crippen LogP contribution in [-0.2, 0) is 17.9 Å². The number of aromatic nitrogens is 6. The molecule has 9 nitrogen and oxygen atoms in total. The molecule has 0 bridgehead atoms. The Kier molecular flexibility index (Phi) is 3.98. The molecule has 0 spiro atoms. The van der Waals surface area contributed by atoms with Crippen molar-refractivity contribution < 1.29 is 9.26 Å². The summed E-state index contributed by atoms with van der Waals surface area (Å²) >= 11 is 0. The molecule has 3 heterocycles. The highest BCUT2D eigenvalue weighted by Gasteiger charge is 2.13. The fourth-order valence-electron chi connectivity index (χ4n) is 2.54. The smallest absolute Gasteiger partial charge is 0.246 e. The lowest BCUT2D eigenvalue weighted by Gasteiger charge is -2.07. The lowest BCUT2D eigenvalue weighted by atomic mass is 10.2. The predicted octanol–water partition coefficient (Wildman–Crippen LogP) is 2.12. The average molecular weight is 339 g/mol. The van der Waals surface area contributed by atoms with Crippen LogP contribution in [0.5, 0.6) is 0 Å². The van der Waals surface area contributed by atoms with Crippen molar-refractivity contribution in [3.05, 3.63) is 41.8 Å². The molecule has 0 aliphatic heterocycles. The maximum absolute atomic E-state index is 5.26. The minimum absolute atomic E-state index is 0.332. The van der Waals surface area contributed by atoms with Crippen LogP contribution in [0.15, 0.2) is 28.8 Å². The minimum Gasteiger partial charge on any atom is -0.374 e. The number of benzene rings is 1. The highest BCUT2D eigenvalue weighted by atomic mass is 16.5. The number of aryl methyl sites for hydroxylation is 1. The van der Waals surface area contributed by atoms with Crippen molar-refractivity contribution in [2.45, 2.75) is 27.0 Å². The second kappa shape index (κ2) is 6.44. The van der Waals surface area contributed by atoms with Gasteiger partial charge in [-0.25, -0.2) is 9.97 Å². The summed E-state index contributed by atoms with van der Waals surface area (Å²) in [7, 11) is 0. The van der Waals surface area contributed by atoms with Gasteiger partial charge in [-0.15, -0.1) is 5.10 Å². The summed E-state index contributed by atoms with van der Waals surface area (Å²) < 4.78 is 12.2. The van der Waals surface area contributed by atoms with E-state index in [1.807, 2.05) is 38.1 Å². The van der Waals surface area contributed by atoms with Crippen LogP contribution in [0.3, 0.4) is 0 Å². The molecule has 1 aromatic carbocycles. The second-order valence-corrected chi connectivity index (χ2v) is 5.44. The second-order valence-electron chi connectivity index (χ2n) is 5.44. The van der Waals surface area contributed by atoms with Crippen LogP contribution in [0.2, 0.25) is 0 Å². The fraction of sp³-hybridized carbons (Fsp3) is 0.312. The highest BCUT2D eigenvalue weighted by Crippen LogP contribution is 2.20. The zero-order valence-electron chi connectivity index (χ0n) is 13.9. The quantitative estimate of drug-likeness (QED) is 0.570. The van der Waals surface area contributed by atoms with Gasteiger partial charge in [-0.05, 0) is 26.0 Å². The Balaban J connectivity index is 1.63. The Morgan fingerprint density at radius 2 is 2.08 bits per heavy atom. The van der Waals surface area contributed by atoms with Gasteiger partial charge in [-0.2, -0.15) is 9.50 Å². The molecule has 0 aliphatic rings. The van der Waals surface area contributed by atoms with Crippen LogP contribution >= 0.6 is 0 Å². The summed E-state index contributed by atoms with van der Waals surface area (Å²) in [6.45, 7) is 5.04. The van der Waals surface area contributed by atoms with E-state index in [-0.39, 0.29) is 0 Å². The number of ether oxygens (including phenoxy) is 1. The van der Waals surface area contributed by atoms with Gasteiger partial charge in [0, 0.05) is 12.0 Å². The van der Waals surface area contributed by atoms with E-state index in [0.29, 0.717) is 43.2 Å². The third kappa shape index (κ3) is 3.01. The van der Waals surface area contributed by atoms with E-state index in [4.69, 9.17) is 9.26 Å². The number of para-hydroxylation sites is 1. The Morgan fingerprint density at radius 3 is 2.96 bits per heavy atom. The molecule has 4 aromatic rings. The van der Waals surface area contributed by atoms with Gasteiger partial charge in [0.2, 0.25) is 11.8 Å². The van der Waals surface area contributed by atoms with Crippen LogP contribution in [-0.4, -0.2) is 36.3 Å². The normalized spacial score (nSPS) is 11.4. The molecule has 0 aliphatic carbocycles. The van der Waals surface area contributed by atoms with Gasteiger partial charge in [0.05, 0.1) is 12.1 Å². The third-order valence-corrected chi connectivity index (χ3v) is 3.63. The Hall–Kier alpha value is -3.07. The molecule has 25 heavy (non-hydrogen) atoms. The standard InChI is InChI=1S/C16H17N7O2/c1-3-24-9-13-20-14(25-22-13)8-17-16-19-12-7-5-4-6-11(12)15-18-10(2)21-23(15)16/h4-7H,3,8-9H2,1-2H3,(H,17,19). The number of fused-ring (bicyclic) bond motifs is 3. The first kappa shape index (κ1) is 15.5. The number of nitrogens with zero attached hydrogens (tertiary/aromatic N) is 6. The molecule has 0 fully saturated rings. The molecule has 9 heteroatoms. The van der Waals surface area contributed by atoms with E-state index in [0.717, 1.165) is 16.6 Å². The molecular formula is C16H17N7O2. The average Bonchev–Trinajstić information content (AvgIpc) is 3.24. The van der Waals surface area contributed by atoms with Crippen LogP contribution in [0.4, 0.5) is 5.95 Å². The molecule has 3 aromatic heterocycles. The maximum atomic E-state index is 5.26. The first-order valence-corrected chi connectivity index (χ1v) is 8.00. The lowest BCUT2D eigenvalue weighted by molar-refractivity contribution is 0.126. The van der Waals surface area contributed by atoms with E-state index in [1.165, 1.54) is 0 Å². The molecule has 0 saturated heterocycles. The maximum Gasteiger partial charge on any atom is 0.246 e. The number of hydrogen-bond donors (Lipinski definition) is 1. The van der Waals surface area contributed by atoms with Crippen molar-refractivity contribution in [1.29, 1.82) is 0 Å². The van der Waals surface area contributed by atoms with Gasteiger partial charge in [0.15, 0.2) is 11.5 Å². The van der Waals surface area contributed by atoms with E-state index in [2.05, 4.69) is 30.5 Å². The third-order valence-electron chi connectivity index (χ3n) is 3.63. The van der Waals surface area contributed by atoms with Crippen molar-refractivity contribution in [1.82, 2.24) is 29.7 Å². The molecule has 0 radical (unpaired) electrons. The van der Waals surface area contributed by atoms with Gasteiger partial charge in [0.25, 0.3) is 0 Å². The van der Waals surface area contributed by atoms with Gasteiger partial charge < -0.3 is 14.6 Å². The first-order chi connectivity index (χ1) is 12.2. The largest absolute Gasteiger partial charge is 0.374 e. The topological polar surface area (TPSA) is 103 Å². The van der Waals surface area contributed by atoms with Crippen molar-refractivity contribution in [3.63, 3.8) is 0 Å². The molecule has 0 unspecified atom stereocenters.